The minimum Gasteiger partial charge on any atom is -0.466 e. The average molecular weight is 582 g/mol. The van der Waals surface area contributed by atoms with Gasteiger partial charge in [0.15, 0.2) is 0 Å². The highest BCUT2D eigenvalue weighted by atomic mass is 16.5. The first-order chi connectivity index (χ1) is 20.1. The van der Waals surface area contributed by atoms with Crippen LogP contribution in [-0.4, -0.2) is 44.8 Å². The SMILES string of the molecule is CCCCCCCCC(CCCCCCCC(=O)OCCC(CCCCC)CCCCC)NC(=O)NCCCNC. The fourth-order valence-electron chi connectivity index (χ4n) is 5.56. The van der Waals surface area contributed by atoms with Gasteiger partial charge in [-0.1, -0.05) is 136 Å². The van der Waals surface area contributed by atoms with Crippen LogP contribution in [0.4, 0.5) is 4.79 Å². The van der Waals surface area contributed by atoms with Crippen LogP contribution < -0.4 is 16.0 Å². The summed E-state index contributed by atoms with van der Waals surface area (Å²) in [7, 11) is 1.93. The molecular formula is C35H71N3O3. The molecule has 1 unspecified atom stereocenters. The third-order valence-electron chi connectivity index (χ3n) is 8.28. The number of esters is 1. The van der Waals surface area contributed by atoms with Crippen molar-refractivity contribution in [2.24, 2.45) is 5.92 Å². The molecule has 0 heterocycles. The number of hydrogen-bond donors (Lipinski definition) is 3. The third kappa shape index (κ3) is 28.6. The quantitative estimate of drug-likeness (QED) is 0.0563. The van der Waals surface area contributed by atoms with Crippen molar-refractivity contribution in [1.82, 2.24) is 16.0 Å². The molecule has 0 fully saturated rings. The fourth-order valence-corrected chi connectivity index (χ4v) is 5.56. The van der Waals surface area contributed by atoms with Crippen LogP contribution in [0.2, 0.25) is 0 Å². The Morgan fingerprint density at radius 2 is 1.10 bits per heavy atom. The molecule has 0 bridgehead atoms. The normalized spacial score (nSPS) is 12.0. The molecule has 0 aliphatic carbocycles. The molecule has 0 saturated heterocycles. The van der Waals surface area contributed by atoms with E-state index in [2.05, 4.69) is 36.7 Å². The first-order valence-electron chi connectivity index (χ1n) is 17.9. The van der Waals surface area contributed by atoms with Crippen molar-refractivity contribution >= 4 is 12.0 Å². The van der Waals surface area contributed by atoms with Crippen molar-refractivity contribution in [1.29, 1.82) is 0 Å². The Kier molecular flexibility index (Phi) is 30.6. The summed E-state index contributed by atoms with van der Waals surface area (Å²) < 4.78 is 5.60. The Hall–Kier alpha value is -1.30. The van der Waals surface area contributed by atoms with Gasteiger partial charge in [0, 0.05) is 19.0 Å². The lowest BCUT2D eigenvalue weighted by Gasteiger charge is -2.19. The molecule has 41 heavy (non-hydrogen) atoms. The lowest BCUT2D eigenvalue weighted by Crippen LogP contribution is -2.42. The Morgan fingerprint density at radius 1 is 0.585 bits per heavy atom. The summed E-state index contributed by atoms with van der Waals surface area (Å²) >= 11 is 0. The highest BCUT2D eigenvalue weighted by Gasteiger charge is 2.13. The molecule has 0 aromatic carbocycles. The molecule has 3 N–H and O–H groups in total. The minimum absolute atomic E-state index is 0.0187. The first kappa shape index (κ1) is 39.7. The van der Waals surface area contributed by atoms with Gasteiger partial charge in [0.25, 0.3) is 0 Å². The topological polar surface area (TPSA) is 79.5 Å². The van der Waals surface area contributed by atoms with Gasteiger partial charge in [-0.3, -0.25) is 4.79 Å². The van der Waals surface area contributed by atoms with Gasteiger partial charge in [0.05, 0.1) is 6.61 Å². The number of ether oxygens (including phenoxy) is 1. The van der Waals surface area contributed by atoms with Crippen LogP contribution in [0.3, 0.4) is 0 Å². The number of unbranched alkanes of at least 4 members (excludes halogenated alkanes) is 13. The van der Waals surface area contributed by atoms with E-state index in [1.54, 1.807) is 0 Å². The Labute approximate surface area is 255 Å². The van der Waals surface area contributed by atoms with Crippen LogP contribution in [0.15, 0.2) is 0 Å². The minimum atomic E-state index is -0.0242. The fraction of sp³-hybridized carbons (Fsp3) is 0.943. The summed E-state index contributed by atoms with van der Waals surface area (Å²) in [6.07, 6.45) is 28.1. The lowest BCUT2D eigenvalue weighted by atomic mass is 9.92. The molecule has 0 aliphatic rings. The van der Waals surface area contributed by atoms with E-state index in [4.69, 9.17) is 4.74 Å². The second kappa shape index (κ2) is 31.6. The lowest BCUT2D eigenvalue weighted by molar-refractivity contribution is -0.144. The standard InChI is InChI=1S/C35H71N3O3/c1-5-8-11-12-14-19-25-33(38-35(40)37-30-22-29-36-4)26-20-15-13-16-21-27-34(39)41-31-28-32(23-17-9-6-2)24-18-10-7-3/h32-33,36H,5-31H2,1-4H3,(H2,37,38,40). The van der Waals surface area contributed by atoms with Gasteiger partial charge in [0.2, 0.25) is 0 Å². The van der Waals surface area contributed by atoms with Crippen molar-refractivity contribution in [3.63, 3.8) is 0 Å². The molecule has 0 aromatic rings. The van der Waals surface area contributed by atoms with Gasteiger partial charge < -0.3 is 20.7 Å². The van der Waals surface area contributed by atoms with E-state index >= 15 is 0 Å². The van der Waals surface area contributed by atoms with Crippen molar-refractivity contribution in [3.8, 4) is 0 Å². The van der Waals surface area contributed by atoms with Crippen LogP contribution in [0.5, 0.6) is 0 Å². The van der Waals surface area contributed by atoms with Gasteiger partial charge in [-0.05, 0) is 51.6 Å². The van der Waals surface area contributed by atoms with Gasteiger partial charge >= 0.3 is 12.0 Å². The molecule has 244 valence electrons. The molecule has 0 radical (unpaired) electrons. The third-order valence-corrected chi connectivity index (χ3v) is 8.28. The maximum absolute atomic E-state index is 12.4. The molecule has 0 saturated carbocycles. The number of nitrogens with one attached hydrogen (secondary N) is 3. The van der Waals surface area contributed by atoms with Gasteiger partial charge in [-0.2, -0.15) is 0 Å². The molecular weight excluding hydrogens is 510 g/mol. The predicted molar refractivity (Wildman–Crippen MR) is 177 cm³/mol. The highest BCUT2D eigenvalue weighted by molar-refractivity contribution is 5.74. The molecule has 6 nitrogen and oxygen atoms in total. The molecule has 1 atom stereocenters. The van der Waals surface area contributed by atoms with Crippen LogP contribution in [-0.2, 0) is 9.53 Å². The largest absolute Gasteiger partial charge is 0.466 e. The summed E-state index contributed by atoms with van der Waals surface area (Å²) in [5.74, 6) is 0.694. The van der Waals surface area contributed by atoms with E-state index in [1.807, 2.05) is 7.05 Å². The summed E-state index contributed by atoms with van der Waals surface area (Å²) in [5.41, 5.74) is 0. The van der Waals surface area contributed by atoms with E-state index < -0.39 is 0 Å². The summed E-state index contributed by atoms with van der Waals surface area (Å²) in [6.45, 7) is 8.98. The van der Waals surface area contributed by atoms with Gasteiger partial charge in [-0.15, -0.1) is 0 Å². The van der Waals surface area contributed by atoms with E-state index in [0.717, 1.165) is 64.3 Å². The van der Waals surface area contributed by atoms with Crippen molar-refractivity contribution < 1.29 is 14.3 Å². The Balaban J connectivity index is 4.11. The van der Waals surface area contributed by atoms with E-state index in [1.165, 1.54) is 89.9 Å². The maximum atomic E-state index is 12.4. The van der Waals surface area contributed by atoms with Crippen LogP contribution in [0.25, 0.3) is 0 Å². The van der Waals surface area contributed by atoms with E-state index in [9.17, 15) is 9.59 Å². The number of amides is 2. The zero-order valence-electron chi connectivity index (χ0n) is 28.0. The number of urea groups is 1. The van der Waals surface area contributed by atoms with E-state index in [0.29, 0.717) is 25.5 Å². The first-order valence-corrected chi connectivity index (χ1v) is 17.9. The summed E-state index contributed by atoms with van der Waals surface area (Å²) in [4.78, 5) is 24.6. The molecule has 0 spiro atoms. The van der Waals surface area contributed by atoms with Crippen molar-refractivity contribution in [2.45, 2.75) is 181 Å². The zero-order valence-corrected chi connectivity index (χ0v) is 28.0. The maximum Gasteiger partial charge on any atom is 0.315 e. The Morgan fingerprint density at radius 3 is 1.68 bits per heavy atom. The van der Waals surface area contributed by atoms with Crippen molar-refractivity contribution in [2.75, 3.05) is 26.7 Å². The van der Waals surface area contributed by atoms with E-state index in [-0.39, 0.29) is 18.0 Å². The van der Waals surface area contributed by atoms with Crippen LogP contribution in [0, 0.1) is 5.92 Å². The predicted octanol–water partition coefficient (Wildman–Crippen LogP) is 9.46. The molecule has 2 amide bonds. The number of rotatable bonds is 31. The molecule has 6 heteroatoms. The Bertz CT molecular complexity index is 563. The molecule has 0 aromatic heterocycles. The summed E-state index contributed by atoms with van der Waals surface area (Å²) in [5, 5.41) is 9.36. The second-order valence-corrected chi connectivity index (χ2v) is 12.3. The highest BCUT2D eigenvalue weighted by Crippen LogP contribution is 2.21. The van der Waals surface area contributed by atoms with Gasteiger partial charge in [0.1, 0.15) is 0 Å². The van der Waals surface area contributed by atoms with Gasteiger partial charge in [-0.25, -0.2) is 4.79 Å². The monoisotopic (exact) mass is 582 g/mol. The number of carbonyl (C=O) groups is 2. The number of hydrogen-bond acceptors (Lipinski definition) is 4. The molecule has 0 rings (SSSR count). The van der Waals surface area contributed by atoms with Crippen LogP contribution in [0.1, 0.15) is 175 Å². The number of carbonyl (C=O) groups excluding carboxylic acids is 2. The smallest absolute Gasteiger partial charge is 0.315 e. The molecule has 0 aliphatic heterocycles. The van der Waals surface area contributed by atoms with Crippen molar-refractivity contribution in [3.05, 3.63) is 0 Å². The zero-order chi connectivity index (χ0) is 30.2. The second-order valence-electron chi connectivity index (χ2n) is 12.3. The van der Waals surface area contributed by atoms with Crippen LogP contribution >= 0.6 is 0 Å². The summed E-state index contributed by atoms with van der Waals surface area (Å²) in [6, 6.07) is 0.233. The average Bonchev–Trinajstić information content (AvgIpc) is 2.96.